The number of unbranched alkanes of at least 4 members (excludes halogenated alkanes) is 4. The minimum atomic E-state index is -1.29. The van der Waals surface area contributed by atoms with Gasteiger partial charge in [-0.2, -0.15) is 0 Å². The lowest BCUT2D eigenvalue weighted by molar-refractivity contribution is -0.929. The van der Waals surface area contributed by atoms with Gasteiger partial charge >= 0.3 is 0 Å². The largest absolute Gasteiger partial charge is 0.545 e. The number of carboxylic acids is 1. The number of quaternary nitrogens is 1. The molecule has 0 fully saturated rings. The van der Waals surface area contributed by atoms with E-state index in [-0.39, 0.29) is 5.56 Å². The van der Waals surface area contributed by atoms with Crippen molar-refractivity contribution in [1.82, 2.24) is 0 Å². The number of halogens is 1. The first-order chi connectivity index (χ1) is 12.9. The van der Waals surface area contributed by atoms with E-state index >= 15 is 0 Å². The molecule has 0 heterocycles. The number of carbonyl (C=O) groups excluding carboxylic acids is 1. The van der Waals surface area contributed by atoms with Crippen LogP contribution in [-0.4, -0.2) is 36.6 Å². The topological polar surface area (TPSA) is 40.1 Å². The lowest BCUT2D eigenvalue weighted by Gasteiger charge is -2.39. The molecule has 1 aromatic rings. The smallest absolute Gasteiger partial charge is 0.123 e. The van der Waals surface area contributed by atoms with Gasteiger partial charge in [-0.25, -0.2) is 4.39 Å². The number of hydrogen-bond donors (Lipinski definition) is 0. The molecule has 3 nitrogen and oxygen atoms in total. The van der Waals surface area contributed by atoms with Crippen molar-refractivity contribution < 1.29 is 18.8 Å². The van der Waals surface area contributed by atoms with Gasteiger partial charge in [-0.1, -0.05) is 65.5 Å². The summed E-state index contributed by atoms with van der Waals surface area (Å²) in [6.45, 7) is 15.0. The maximum absolute atomic E-state index is 12.1. The van der Waals surface area contributed by atoms with E-state index in [1.54, 1.807) is 0 Å². The molecule has 0 aliphatic heterocycles. The monoisotopic (exact) mass is 381 g/mol. The maximum atomic E-state index is 12.1. The van der Waals surface area contributed by atoms with Crippen molar-refractivity contribution in [1.29, 1.82) is 0 Å². The Labute approximate surface area is 166 Å². The van der Waals surface area contributed by atoms with Gasteiger partial charge in [-0.3, -0.25) is 0 Å². The van der Waals surface area contributed by atoms with Gasteiger partial charge in [0.1, 0.15) is 5.82 Å². The summed E-state index contributed by atoms with van der Waals surface area (Å²) >= 11 is 0. The van der Waals surface area contributed by atoms with E-state index in [9.17, 15) is 14.3 Å². The normalized spacial score (nSPS) is 11.0. The predicted octanol–water partition coefficient (Wildman–Crippen LogP) is 5.19. The summed E-state index contributed by atoms with van der Waals surface area (Å²) in [5, 5.41) is 10.1. The molecule has 0 unspecified atom stereocenters. The first kappa shape index (κ1) is 25.6. The van der Waals surface area contributed by atoms with Crippen LogP contribution < -0.4 is 5.11 Å². The van der Waals surface area contributed by atoms with Gasteiger partial charge in [0.25, 0.3) is 0 Å². The van der Waals surface area contributed by atoms with Crippen LogP contribution in [0.25, 0.3) is 0 Å². The van der Waals surface area contributed by atoms with Crippen molar-refractivity contribution in [3.05, 3.63) is 35.6 Å². The zero-order valence-corrected chi connectivity index (χ0v) is 17.9. The molecule has 27 heavy (non-hydrogen) atoms. The van der Waals surface area contributed by atoms with Gasteiger partial charge in [0.2, 0.25) is 0 Å². The Bertz CT molecular complexity index is 450. The molecule has 0 saturated heterocycles. The molecule has 0 atom stereocenters. The summed E-state index contributed by atoms with van der Waals surface area (Å²) in [6, 6.07) is 4.46. The summed E-state index contributed by atoms with van der Waals surface area (Å²) in [4.78, 5) is 10.1. The standard InChI is InChI=1S/C16H36N.C7H5FO2/c1-5-9-13-17(14-10-6-2,15-11-7-3)16-12-8-4;8-6-3-1-5(2-4-6)7(9)10/h5-16H2,1-4H3;1-4H,(H,9,10)/q+1;/p-1. The Kier molecular flexibility index (Phi) is 14.8. The summed E-state index contributed by atoms with van der Waals surface area (Å²) < 4.78 is 13.6. The molecular weight excluding hydrogens is 341 g/mol. The van der Waals surface area contributed by atoms with E-state index in [1.165, 1.54) is 82.0 Å². The summed E-state index contributed by atoms with van der Waals surface area (Å²) in [5.41, 5.74) is -0.0126. The fourth-order valence-electron chi connectivity index (χ4n) is 3.23. The Morgan fingerprint density at radius 1 is 0.778 bits per heavy atom. The lowest BCUT2D eigenvalue weighted by Crippen LogP contribution is -2.50. The van der Waals surface area contributed by atoms with Crippen LogP contribution in [0, 0.1) is 5.82 Å². The molecule has 0 bridgehead atoms. The van der Waals surface area contributed by atoms with Crippen LogP contribution in [0.2, 0.25) is 0 Å². The number of aromatic carboxylic acids is 1. The van der Waals surface area contributed by atoms with Crippen molar-refractivity contribution in [2.45, 2.75) is 79.1 Å². The second-order valence-electron chi connectivity index (χ2n) is 7.44. The Hall–Kier alpha value is -1.42. The highest BCUT2D eigenvalue weighted by molar-refractivity contribution is 5.85. The van der Waals surface area contributed by atoms with E-state index in [2.05, 4.69) is 27.7 Å². The van der Waals surface area contributed by atoms with Crippen molar-refractivity contribution in [3.63, 3.8) is 0 Å². The summed E-state index contributed by atoms with van der Waals surface area (Å²) in [6.07, 6.45) is 11.1. The van der Waals surface area contributed by atoms with E-state index in [1.807, 2.05) is 0 Å². The molecule has 0 N–H and O–H groups in total. The molecule has 0 aromatic heterocycles. The van der Waals surface area contributed by atoms with Gasteiger partial charge < -0.3 is 14.4 Å². The highest BCUT2D eigenvalue weighted by Crippen LogP contribution is 2.16. The zero-order valence-electron chi connectivity index (χ0n) is 17.9. The highest BCUT2D eigenvalue weighted by atomic mass is 19.1. The molecule has 4 heteroatoms. The Balaban J connectivity index is 0.000000569. The molecule has 0 saturated carbocycles. The number of nitrogens with zero attached hydrogens (tertiary/aromatic N) is 1. The number of hydrogen-bond acceptors (Lipinski definition) is 2. The molecule has 1 rings (SSSR count). The third-order valence-corrected chi connectivity index (χ3v) is 5.02. The summed E-state index contributed by atoms with van der Waals surface area (Å²) in [7, 11) is 0. The third kappa shape index (κ3) is 11.8. The van der Waals surface area contributed by atoms with Crippen molar-refractivity contribution in [2.24, 2.45) is 0 Å². The predicted molar refractivity (Wildman–Crippen MR) is 110 cm³/mol. The van der Waals surface area contributed by atoms with Crippen molar-refractivity contribution in [3.8, 4) is 0 Å². The van der Waals surface area contributed by atoms with Crippen LogP contribution in [0.3, 0.4) is 0 Å². The molecular formula is C23H40FNO2. The van der Waals surface area contributed by atoms with Crippen LogP contribution in [0.4, 0.5) is 4.39 Å². The number of rotatable bonds is 13. The third-order valence-electron chi connectivity index (χ3n) is 5.02. The first-order valence-electron chi connectivity index (χ1n) is 10.8. The van der Waals surface area contributed by atoms with Crippen LogP contribution in [-0.2, 0) is 0 Å². The van der Waals surface area contributed by atoms with Crippen LogP contribution in [0.15, 0.2) is 24.3 Å². The molecule has 0 spiro atoms. The van der Waals surface area contributed by atoms with Crippen molar-refractivity contribution in [2.75, 3.05) is 26.2 Å². The van der Waals surface area contributed by atoms with Crippen LogP contribution >= 0.6 is 0 Å². The van der Waals surface area contributed by atoms with E-state index < -0.39 is 11.8 Å². The van der Waals surface area contributed by atoms with Gasteiger partial charge in [0, 0.05) is 0 Å². The van der Waals surface area contributed by atoms with Gasteiger partial charge in [0.15, 0.2) is 0 Å². The fraction of sp³-hybridized carbons (Fsp3) is 0.696. The first-order valence-corrected chi connectivity index (χ1v) is 10.8. The fourth-order valence-corrected chi connectivity index (χ4v) is 3.23. The quantitative estimate of drug-likeness (QED) is 0.441. The average molecular weight is 382 g/mol. The highest BCUT2D eigenvalue weighted by Gasteiger charge is 2.24. The van der Waals surface area contributed by atoms with Crippen molar-refractivity contribution >= 4 is 5.97 Å². The Morgan fingerprint density at radius 2 is 1.11 bits per heavy atom. The molecule has 0 aliphatic carbocycles. The SMILES string of the molecule is CCCC[N+](CCCC)(CCCC)CCCC.O=C([O-])c1ccc(F)cc1. The average Bonchev–Trinajstić information content (AvgIpc) is 2.68. The number of benzene rings is 1. The van der Waals surface area contributed by atoms with Gasteiger partial charge in [0.05, 0.1) is 32.1 Å². The minimum Gasteiger partial charge on any atom is -0.545 e. The second-order valence-corrected chi connectivity index (χ2v) is 7.44. The molecule has 0 aliphatic rings. The molecule has 0 radical (unpaired) electrons. The van der Waals surface area contributed by atoms with E-state index in [0.29, 0.717) is 0 Å². The Morgan fingerprint density at radius 3 is 1.37 bits per heavy atom. The lowest BCUT2D eigenvalue weighted by atomic mass is 10.1. The summed E-state index contributed by atoms with van der Waals surface area (Å²) in [5.74, 6) is -1.75. The van der Waals surface area contributed by atoms with Crippen LogP contribution in [0.1, 0.15) is 89.4 Å². The molecule has 156 valence electrons. The number of carbonyl (C=O) groups is 1. The zero-order chi connectivity index (χ0) is 20.5. The molecule has 1 aromatic carbocycles. The van der Waals surface area contributed by atoms with Crippen LogP contribution in [0.5, 0.6) is 0 Å². The van der Waals surface area contributed by atoms with Gasteiger partial charge in [-0.05, 0) is 43.4 Å². The maximum Gasteiger partial charge on any atom is 0.123 e. The number of carboxylic acid groups (broad SMARTS) is 1. The minimum absolute atomic E-state index is 0.0126. The van der Waals surface area contributed by atoms with E-state index in [0.717, 1.165) is 24.3 Å². The van der Waals surface area contributed by atoms with Gasteiger partial charge in [-0.15, -0.1) is 0 Å². The van der Waals surface area contributed by atoms with E-state index in [4.69, 9.17) is 0 Å². The molecule has 0 amide bonds. The second kappa shape index (κ2) is 15.6.